The van der Waals surface area contributed by atoms with Gasteiger partial charge in [-0.3, -0.25) is 7.76 Å². The first-order chi connectivity index (χ1) is 8.24. The van der Waals surface area contributed by atoms with Crippen LogP contribution in [0.1, 0.15) is 0 Å². The van der Waals surface area contributed by atoms with Crippen LogP contribution in [0.3, 0.4) is 0 Å². The minimum absolute atomic E-state index is 0.250. The van der Waals surface area contributed by atoms with Gasteiger partial charge in [0.1, 0.15) is 11.3 Å². The van der Waals surface area contributed by atoms with Crippen molar-refractivity contribution >= 4 is 34.0 Å². The van der Waals surface area contributed by atoms with Crippen molar-refractivity contribution in [2.24, 2.45) is 0 Å². The first-order valence-electron chi connectivity index (χ1n) is 5.04. The molecule has 2 aromatic heterocycles. The largest absolute Gasteiger partial charge is 0.508 e. The maximum atomic E-state index is 9.25. The Morgan fingerprint density at radius 3 is 2.65 bits per heavy atom. The van der Waals surface area contributed by atoms with Crippen LogP contribution in [-0.4, -0.2) is 17.9 Å². The van der Waals surface area contributed by atoms with E-state index in [4.69, 9.17) is 0 Å². The molecule has 0 saturated carbocycles. The van der Waals surface area contributed by atoms with E-state index in [2.05, 4.69) is 32.8 Å². The fourth-order valence-electron chi connectivity index (χ4n) is 1.64. The predicted molar refractivity (Wildman–Crippen MR) is 74.0 cm³/mol. The van der Waals surface area contributed by atoms with Crippen LogP contribution in [0, 0.1) is 0 Å². The summed E-state index contributed by atoms with van der Waals surface area (Å²) < 4.78 is 1.91. The Morgan fingerprint density at radius 2 is 1.88 bits per heavy atom. The van der Waals surface area contributed by atoms with Gasteiger partial charge in [-0.25, -0.2) is 4.98 Å². The van der Waals surface area contributed by atoms with E-state index in [1.165, 1.54) is 0 Å². The SMILES string of the molecule is Oc1ccc(-c2cnc3ccn(I)c3n2)cc1. The second-order valence-corrected chi connectivity index (χ2v) is 4.68. The molecule has 0 unspecified atom stereocenters. The smallest absolute Gasteiger partial charge is 0.168 e. The second-order valence-electron chi connectivity index (χ2n) is 3.64. The molecule has 0 aliphatic carbocycles. The lowest BCUT2D eigenvalue weighted by atomic mass is 10.1. The highest BCUT2D eigenvalue weighted by Crippen LogP contribution is 2.22. The normalized spacial score (nSPS) is 10.9. The molecule has 0 radical (unpaired) electrons. The summed E-state index contributed by atoms with van der Waals surface area (Å²) >= 11 is 2.17. The zero-order valence-corrected chi connectivity index (χ0v) is 10.9. The third kappa shape index (κ3) is 1.86. The van der Waals surface area contributed by atoms with Crippen molar-refractivity contribution in [3.05, 3.63) is 42.7 Å². The van der Waals surface area contributed by atoms with Gasteiger partial charge in [0.2, 0.25) is 0 Å². The average Bonchev–Trinajstić information content (AvgIpc) is 2.72. The summed E-state index contributed by atoms with van der Waals surface area (Å²) in [6.45, 7) is 0. The fourth-order valence-corrected chi connectivity index (χ4v) is 2.16. The number of rotatable bonds is 1. The fraction of sp³-hybridized carbons (Fsp3) is 0. The minimum Gasteiger partial charge on any atom is -0.508 e. The van der Waals surface area contributed by atoms with E-state index >= 15 is 0 Å². The average molecular weight is 337 g/mol. The number of aromatic nitrogens is 3. The Balaban J connectivity index is 2.17. The molecule has 3 aromatic rings. The predicted octanol–water partition coefficient (Wildman–Crippen LogP) is 3.00. The minimum atomic E-state index is 0.250. The number of benzene rings is 1. The van der Waals surface area contributed by atoms with Crippen molar-refractivity contribution in [1.82, 2.24) is 12.7 Å². The molecule has 0 atom stereocenters. The molecule has 0 spiro atoms. The quantitative estimate of drug-likeness (QED) is 0.695. The van der Waals surface area contributed by atoms with E-state index in [0.717, 1.165) is 22.4 Å². The third-order valence-electron chi connectivity index (χ3n) is 2.51. The summed E-state index contributed by atoms with van der Waals surface area (Å²) in [5.74, 6) is 0.250. The van der Waals surface area contributed by atoms with Crippen molar-refractivity contribution in [2.75, 3.05) is 0 Å². The van der Waals surface area contributed by atoms with Crippen LogP contribution < -0.4 is 0 Å². The number of phenolic OH excluding ortho intramolecular Hbond substituents is 1. The van der Waals surface area contributed by atoms with Gasteiger partial charge in [-0.1, -0.05) is 0 Å². The Hall–Kier alpha value is -1.63. The molecule has 84 valence electrons. The van der Waals surface area contributed by atoms with Gasteiger partial charge >= 0.3 is 0 Å². The molecule has 0 aliphatic rings. The van der Waals surface area contributed by atoms with Gasteiger partial charge in [-0.05, 0) is 30.3 Å². The van der Waals surface area contributed by atoms with Crippen molar-refractivity contribution in [1.29, 1.82) is 0 Å². The van der Waals surface area contributed by atoms with Crippen LogP contribution in [0.4, 0.5) is 0 Å². The summed E-state index contributed by atoms with van der Waals surface area (Å²) in [7, 11) is 0. The molecule has 0 fully saturated rings. The number of nitrogens with zero attached hydrogens (tertiary/aromatic N) is 3. The van der Waals surface area contributed by atoms with Gasteiger partial charge in [0.25, 0.3) is 0 Å². The lowest BCUT2D eigenvalue weighted by Gasteiger charge is -2.01. The molecule has 4 nitrogen and oxygen atoms in total. The van der Waals surface area contributed by atoms with E-state index in [9.17, 15) is 5.11 Å². The molecule has 1 aromatic carbocycles. The molecule has 2 heterocycles. The summed E-state index contributed by atoms with van der Waals surface area (Å²) in [5.41, 5.74) is 3.46. The number of hydrogen-bond donors (Lipinski definition) is 1. The van der Waals surface area contributed by atoms with E-state index < -0.39 is 0 Å². The Morgan fingerprint density at radius 1 is 1.12 bits per heavy atom. The molecule has 17 heavy (non-hydrogen) atoms. The lowest BCUT2D eigenvalue weighted by molar-refractivity contribution is 0.475. The van der Waals surface area contributed by atoms with E-state index in [1.54, 1.807) is 18.3 Å². The number of halogens is 1. The first kappa shape index (κ1) is 10.5. The zero-order valence-electron chi connectivity index (χ0n) is 8.71. The van der Waals surface area contributed by atoms with Gasteiger partial charge in [0.15, 0.2) is 5.65 Å². The highest BCUT2D eigenvalue weighted by molar-refractivity contribution is 14.1. The van der Waals surface area contributed by atoms with Gasteiger partial charge in [0, 0.05) is 11.8 Å². The van der Waals surface area contributed by atoms with Crippen molar-refractivity contribution < 1.29 is 5.11 Å². The van der Waals surface area contributed by atoms with Crippen LogP contribution in [0.5, 0.6) is 5.75 Å². The number of phenols is 1. The standard InChI is InChI=1S/C12H8IN3O/c13-16-6-5-10-12(16)15-11(7-14-10)8-1-3-9(17)4-2-8/h1-7,17H. The molecule has 0 aliphatic heterocycles. The Kier molecular flexibility index (Phi) is 2.47. The van der Waals surface area contributed by atoms with Crippen molar-refractivity contribution in [3.63, 3.8) is 0 Å². The zero-order chi connectivity index (χ0) is 11.8. The highest BCUT2D eigenvalue weighted by atomic mass is 127. The van der Waals surface area contributed by atoms with E-state index in [-0.39, 0.29) is 5.75 Å². The number of hydrogen-bond acceptors (Lipinski definition) is 3. The van der Waals surface area contributed by atoms with Crippen LogP contribution in [0.15, 0.2) is 42.7 Å². The highest BCUT2D eigenvalue weighted by Gasteiger charge is 2.05. The summed E-state index contributed by atoms with van der Waals surface area (Å²) in [4.78, 5) is 8.90. The van der Waals surface area contributed by atoms with Crippen molar-refractivity contribution in [3.8, 4) is 17.0 Å². The van der Waals surface area contributed by atoms with Crippen molar-refractivity contribution in [2.45, 2.75) is 0 Å². The molecular weight excluding hydrogens is 329 g/mol. The monoisotopic (exact) mass is 337 g/mol. The maximum absolute atomic E-state index is 9.25. The first-order valence-corrected chi connectivity index (χ1v) is 6.00. The van der Waals surface area contributed by atoms with E-state index in [1.807, 2.05) is 27.2 Å². The van der Waals surface area contributed by atoms with E-state index in [0.29, 0.717) is 0 Å². The molecule has 5 heteroatoms. The van der Waals surface area contributed by atoms with Crippen LogP contribution >= 0.6 is 22.9 Å². The second kappa shape index (κ2) is 3.99. The molecule has 1 N–H and O–H groups in total. The van der Waals surface area contributed by atoms with Crippen LogP contribution in [0.2, 0.25) is 0 Å². The Bertz CT molecular complexity index is 676. The summed E-state index contributed by atoms with van der Waals surface area (Å²) in [6.07, 6.45) is 3.66. The summed E-state index contributed by atoms with van der Waals surface area (Å²) in [6, 6.07) is 8.86. The van der Waals surface area contributed by atoms with Gasteiger partial charge in [0.05, 0.1) is 34.8 Å². The molecular formula is C12H8IN3O. The maximum Gasteiger partial charge on any atom is 0.168 e. The van der Waals surface area contributed by atoms with Gasteiger partial charge in [-0.2, -0.15) is 0 Å². The van der Waals surface area contributed by atoms with Crippen LogP contribution in [0.25, 0.3) is 22.4 Å². The third-order valence-corrected chi connectivity index (χ3v) is 3.29. The lowest BCUT2D eigenvalue weighted by Crippen LogP contribution is -1.89. The number of fused-ring (bicyclic) bond motifs is 1. The Labute approximate surface area is 111 Å². The molecule has 0 bridgehead atoms. The van der Waals surface area contributed by atoms with Gasteiger partial charge < -0.3 is 5.11 Å². The molecule has 3 rings (SSSR count). The number of aromatic hydroxyl groups is 1. The van der Waals surface area contributed by atoms with Crippen LogP contribution in [-0.2, 0) is 0 Å². The van der Waals surface area contributed by atoms with Gasteiger partial charge in [-0.15, -0.1) is 0 Å². The summed E-state index contributed by atoms with van der Waals surface area (Å²) in [5, 5.41) is 9.25. The topological polar surface area (TPSA) is 50.9 Å². The molecule has 0 amide bonds. The molecule has 0 saturated heterocycles.